The van der Waals surface area contributed by atoms with Crippen LogP contribution in [0.2, 0.25) is 0 Å². The highest BCUT2D eigenvalue weighted by molar-refractivity contribution is 5.89. The Hall–Kier alpha value is -2.51. The summed E-state index contributed by atoms with van der Waals surface area (Å²) in [4.78, 5) is 29.1. The molecule has 0 atom stereocenters. The third kappa shape index (κ3) is 4.50. The first kappa shape index (κ1) is 17.8. The van der Waals surface area contributed by atoms with E-state index in [1.165, 1.54) is 0 Å². The number of hydrogen-bond donors (Lipinski definition) is 2. The maximum absolute atomic E-state index is 11.8. The van der Waals surface area contributed by atoms with Gasteiger partial charge in [0.05, 0.1) is 19.1 Å². The molecule has 8 nitrogen and oxygen atoms in total. The number of amides is 1. The van der Waals surface area contributed by atoms with Crippen molar-refractivity contribution in [2.24, 2.45) is 16.6 Å². The van der Waals surface area contributed by atoms with Crippen molar-refractivity contribution in [3.8, 4) is 0 Å². The predicted molar refractivity (Wildman–Crippen MR) is 88.4 cm³/mol. The summed E-state index contributed by atoms with van der Waals surface area (Å²) in [5, 5.41) is 3.19. The molecule has 0 aliphatic carbocycles. The van der Waals surface area contributed by atoms with E-state index in [9.17, 15) is 9.59 Å². The van der Waals surface area contributed by atoms with Gasteiger partial charge in [0.15, 0.2) is 11.7 Å². The topological polar surface area (TPSA) is 110 Å². The van der Waals surface area contributed by atoms with Crippen LogP contribution in [0.3, 0.4) is 0 Å². The Labute approximate surface area is 141 Å². The van der Waals surface area contributed by atoms with E-state index >= 15 is 0 Å². The van der Waals surface area contributed by atoms with Gasteiger partial charge in [-0.3, -0.25) is 14.6 Å². The summed E-state index contributed by atoms with van der Waals surface area (Å²) < 4.78 is 10.4. The van der Waals surface area contributed by atoms with E-state index in [4.69, 9.17) is 14.9 Å². The lowest BCUT2D eigenvalue weighted by Crippen LogP contribution is -2.46. The molecule has 0 saturated carbocycles. The Balaban J connectivity index is 1.84. The van der Waals surface area contributed by atoms with Crippen LogP contribution in [0.1, 0.15) is 36.1 Å². The van der Waals surface area contributed by atoms with Crippen molar-refractivity contribution in [3.63, 3.8) is 0 Å². The number of hydrogen-bond acceptors (Lipinski definition) is 5. The lowest BCUT2D eigenvalue weighted by molar-refractivity contribution is -0.149. The van der Waals surface area contributed by atoms with Crippen molar-refractivity contribution in [2.45, 2.75) is 26.3 Å². The van der Waals surface area contributed by atoms with Gasteiger partial charge in [0.25, 0.3) is 5.91 Å². The van der Waals surface area contributed by atoms with Crippen LogP contribution in [0.4, 0.5) is 0 Å². The number of likely N-dealkylation sites (tertiary alicyclic amines) is 1. The Morgan fingerprint density at radius 2 is 2.12 bits per heavy atom. The van der Waals surface area contributed by atoms with Gasteiger partial charge in [-0.2, -0.15) is 0 Å². The molecule has 0 unspecified atom stereocenters. The number of nitrogens with one attached hydrogen (secondary N) is 1. The van der Waals surface area contributed by atoms with Crippen molar-refractivity contribution < 1.29 is 18.7 Å². The van der Waals surface area contributed by atoms with Gasteiger partial charge in [0.2, 0.25) is 0 Å². The summed E-state index contributed by atoms with van der Waals surface area (Å²) in [6.45, 7) is 4.09. The van der Waals surface area contributed by atoms with Crippen molar-refractivity contribution in [2.75, 3.05) is 26.7 Å². The third-order valence-electron chi connectivity index (χ3n) is 3.95. The molecule has 3 N–H and O–H groups in total. The second-order valence-electron chi connectivity index (χ2n) is 5.54. The Kier molecular flexibility index (Phi) is 6.22. The van der Waals surface area contributed by atoms with E-state index in [-0.39, 0.29) is 17.6 Å². The molecule has 2 rings (SSSR count). The van der Waals surface area contributed by atoms with Crippen LogP contribution in [0, 0.1) is 5.92 Å². The van der Waals surface area contributed by atoms with Crippen LogP contribution in [-0.4, -0.2) is 49.5 Å². The van der Waals surface area contributed by atoms with E-state index in [0.717, 1.165) is 31.9 Å². The van der Waals surface area contributed by atoms with Crippen LogP contribution in [-0.2, 0) is 16.1 Å². The molecule has 8 heteroatoms. The number of nitrogens with zero attached hydrogens (tertiary/aromatic N) is 2. The highest BCUT2D eigenvalue weighted by atomic mass is 16.5. The van der Waals surface area contributed by atoms with Crippen molar-refractivity contribution in [1.29, 1.82) is 0 Å². The number of carbonyl (C=O) groups excluding carboxylic acids is 2. The molecule has 0 spiro atoms. The van der Waals surface area contributed by atoms with E-state index in [1.54, 1.807) is 19.2 Å². The summed E-state index contributed by atoms with van der Waals surface area (Å²) >= 11 is 0. The second-order valence-corrected chi connectivity index (χ2v) is 5.54. The fourth-order valence-electron chi connectivity index (χ4n) is 2.69. The van der Waals surface area contributed by atoms with Crippen molar-refractivity contribution in [1.82, 2.24) is 10.2 Å². The van der Waals surface area contributed by atoms with Gasteiger partial charge >= 0.3 is 5.97 Å². The predicted octanol–water partition coefficient (Wildman–Crippen LogP) is 0.729. The summed E-state index contributed by atoms with van der Waals surface area (Å²) in [6, 6.07) is 3.25. The maximum atomic E-state index is 11.8. The van der Waals surface area contributed by atoms with Crippen LogP contribution < -0.4 is 11.1 Å². The number of aliphatic imine (C=N–C) groups is 1. The first-order valence-electron chi connectivity index (χ1n) is 8.05. The smallest absolute Gasteiger partial charge is 0.309 e. The highest BCUT2D eigenvalue weighted by Crippen LogP contribution is 2.19. The molecule has 1 saturated heterocycles. The number of esters is 1. The average Bonchev–Trinajstić information content (AvgIpc) is 3.05. The van der Waals surface area contributed by atoms with Crippen molar-refractivity contribution >= 4 is 17.8 Å². The number of nitrogens with two attached hydrogens (primary N) is 1. The highest BCUT2D eigenvalue weighted by Gasteiger charge is 2.27. The van der Waals surface area contributed by atoms with Gasteiger partial charge in [-0.1, -0.05) is 0 Å². The quantitative estimate of drug-likeness (QED) is 0.466. The van der Waals surface area contributed by atoms with Gasteiger partial charge in [0.1, 0.15) is 5.76 Å². The number of piperidine rings is 1. The second kappa shape index (κ2) is 8.37. The number of rotatable bonds is 5. The lowest BCUT2D eigenvalue weighted by Gasteiger charge is -2.33. The largest absolute Gasteiger partial charge is 0.466 e. The number of furan rings is 1. The minimum Gasteiger partial charge on any atom is -0.466 e. The first-order chi connectivity index (χ1) is 11.5. The van der Waals surface area contributed by atoms with Crippen molar-refractivity contribution in [3.05, 3.63) is 23.7 Å². The molecule has 1 aromatic rings. The summed E-state index contributed by atoms with van der Waals surface area (Å²) in [5.41, 5.74) is 5.16. The van der Waals surface area contributed by atoms with E-state index in [0.29, 0.717) is 18.9 Å². The van der Waals surface area contributed by atoms with Gasteiger partial charge in [-0.15, -0.1) is 0 Å². The zero-order valence-corrected chi connectivity index (χ0v) is 14.1. The number of ether oxygens (including phenoxy) is 1. The SMILES string of the molecule is CCOC(=O)C1CCN(C(=NC)NCc2ccc(C(N)=O)o2)CC1. The van der Waals surface area contributed by atoms with E-state index < -0.39 is 5.91 Å². The zero-order chi connectivity index (χ0) is 17.5. The van der Waals surface area contributed by atoms with Crippen LogP contribution in [0.25, 0.3) is 0 Å². The maximum Gasteiger partial charge on any atom is 0.309 e. The molecule has 0 aromatic carbocycles. The molecule has 1 amide bonds. The van der Waals surface area contributed by atoms with Crippen LogP contribution in [0.15, 0.2) is 21.5 Å². The molecule has 0 bridgehead atoms. The zero-order valence-electron chi connectivity index (χ0n) is 14.1. The summed E-state index contributed by atoms with van der Waals surface area (Å²) in [5.74, 6) is 0.724. The molecule has 1 fully saturated rings. The summed E-state index contributed by atoms with van der Waals surface area (Å²) in [7, 11) is 1.71. The summed E-state index contributed by atoms with van der Waals surface area (Å²) in [6.07, 6.45) is 1.48. The monoisotopic (exact) mass is 336 g/mol. The molecule has 2 heterocycles. The molecule has 24 heavy (non-hydrogen) atoms. The van der Waals surface area contributed by atoms with E-state index in [1.807, 2.05) is 6.92 Å². The molecule has 1 aliphatic rings. The van der Waals surface area contributed by atoms with Gasteiger partial charge < -0.3 is 25.1 Å². The molecule has 132 valence electrons. The van der Waals surface area contributed by atoms with Crippen LogP contribution >= 0.6 is 0 Å². The van der Waals surface area contributed by atoms with Gasteiger partial charge in [0, 0.05) is 20.1 Å². The minimum atomic E-state index is -0.591. The Morgan fingerprint density at radius 3 is 2.67 bits per heavy atom. The third-order valence-corrected chi connectivity index (χ3v) is 3.95. The van der Waals surface area contributed by atoms with Gasteiger partial charge in [-0.05, 0) is 31.9 Å². The molecular weight excluding hydrogens is 312 g/mol. The number of guanidine groups is 1. The number of carbonyl (C=O) groups is 2. The fraction of sp³-hybridized carbons (Fsp3) is 0.562. The normalized spacial score (nSPS) is 16.1. The lowest BCUT2D eigenvalue weighted by atomic mass is 9.97. The van der Waals surface area contributed by atoms with Gasteiger partial charge in [-0.25, -0.2) is 0 Å². The Bertz CT molecular complexity index is 603. The standard InChI is InChI=1S/C16H24N4O4/c1-3-23-15(22)11-6-8-20(9-7-11)16(18-2)19-10-12-4-5-13(24-12)14(17)21/h4-5,11H,3,6-10H2,1-2H3,(H2,17,21)(H,18,19). The first-order valence-corrected chi connectivity index (χ1v) is 8.05. The molecule has 1 aliphatic heterocycles. The minimum absolute atomic E-state index is 0.0393. The molecule has 1 aromatic heterocycles. The number of primary amides is 1. The Morgan fingerprint density at radius 1 is 1.42 bits per heavy atom. The average molecular weight is 336 g/mol. The molecule has 0 radical (unpaired) electrons. The molecular formula is C16H24N4O4. The fourth-order valence-corrected chi connectivity index (χ4v) is 2.69. The van der Waals surface area contributed by atoms with E-state index in [2.05, 4.69) is 15.2 Å². The van der Waals surface area contributed by atoms with Crippen LogP contribution in [0.5, 0.6) is 0 Å².